The zero-order valence-electron chi connectivity index (χ0n) is 14.0. The van der Waals surface area contributed by atoms with Gasteiger partial charge < -0.3 is 15.5 Å². The van der Waals surface area contributed by atoms with Crippen molar-refractivity contribution in [2.24, 2.45) is 5.41 Å². The first-order valence-electron chi connectivity index (χ1n) is 8.43. The summed E-state index contributed by atoms with van der Waals surface area (Å²) in [5.41, 5.74) is 0.717. The number of nitro benzene ring substituents is 1. The largest absolute Gasteiger partial charge is 0.357 e. The minimum Gasteiger partial charge on any atom is -0.357 e. The van der Waals surface area contributed by atoms with Crippen LogP contribution < -0.4 is 10.6 Å². The van der Waals surface area contributed by atoms with Crippen molar-refractivity contribution in [3.05, 3.63) is 39.4 Å². The van der Waals surface area contributed by atoms with Gasteiger partial charge in [0.05, 0.1) is 4.92 Å². The van der Waals surface area contributed by atoms with Gasteiger partial charge in [0.2, 0.25) is 5.91 Å². The number of amides is 3. The fraction of sp³-hybridized carbons (Fsp3) is 0.529. The van der Waals surface area contributed by atoms with Crippen molar-refractivity contribution in [3.63, 3.8) is 0 Å². The topological polar surface area (TPSA) is 105 Å². The first-order chi connectivity index (χ1) is 11.9. The minimum absolute atomic E-state index is 0.00761. The highest BCUT2D eigenvalue weighted by atomic mass is 16.6. The molecule has 8 heteroatoms. The van der Waals surface area contributed by atoms with E-state index in [-0.39, 0.29) is 23.0 Å². The van der Waals surface area contributed by atoms with Crippen LogP contribution in [0.15, 0.2) is 18.2 Å². The van der Waals surface area contributed by atoms with Crippen LogP contribution in [0.2, 0.25) is 0 Å². The lowest BCUT2D eigenvalue weighted by Gasteiger charge is -2.44. The summed E-state index contributed by atoms with van der Waals surface area (Å²) in [6, 6.07) is 4.45. The maximum atomic E-state index is 12.8. The maximum absolute atomic E-state index is 12.8. The Kier molecular flexibility index (Phi) is 3.28. The molecule has 1 aliphatic heterocycles. The Bertz CT molecular complexity index is 789. The number of benzene rings is 1. The molecule has 2 fully saturated rings. The molecule has 4 rings (SSSR count). The second-order valence-electron chi connectivity index (χ2n) is 7.42. The van der Waals surface area contributed by atoms with Gasteiger partial charge in [-0.25, -0.2) is 4.79 Å². The van der Waals surface area contributed by atoms with Crippen LogP contribution >= 0.6 is 0 Å². The number of fused-ring (bicyclic) bond motifs is 1. The molecule has 0 aromatic heterocycles. The van der Waals surface area contributed by atoms with Crippen LogP contribution in [0.25, 0.3) is 0 Å². The summed E-state index contributed by atoms with van der Waals surface area (Å²) in [6.45, 7) is 1.22. The van der Waals surface area contributed by atoms with Gasteiger partial charge in [-0.05, 0) is 24.0 Å². The van der Waals surface area contributed by atoms with Crippen molar-refractivity contribution in [3.8, 4) is 0 Å². The number of hydrogen-bond donors (Lipinski definition) is 2. The Labute approximate surface area is 144 Å². The Morgan fingerprint density at radius 1 is 1.32 bits per heavy atom. The molecule has 1 atom stereocenters. The summed E-state index contributed by atoms with van der Waals surface area (Å²) in [4.78, 5) is 37.7. The van der Waals surface area contributed by atoms with Crippen LogP contribution in [0.3, 0.4) is 0 Å². The molecule has 1 heterocycles. The number of rotatable bonds is 3. The predicted octanol–water partition coefficient (Wildman–Crippen LogP) is 0.984. The van der Waals surface area contributed by atoms with E-state index in [1.807, 2.05) is 0 Å². The van der Waals surface area contributed by atoms with E-state index < -0.39 is 10.5 Å². The summed E-state index contributed by atoms with van der Waals surface area (Å²) in [6.07, 6.45) is 2.77. The van der Waals surface area contributed by atoms with Crippen LogP contribution in [0, 0.1) is 15.5 Å². The molecular weight excluding hydrogens is 324 g/mol. The molecule has 2 aliphatic carbocycles. The maximum Gasteiger partial charge on any atom is 0.318 e. The number of nitrogens with one attached hydrogen (secondary N) is 2. The molecule has 25 heavy (non-hydrogen) atoms. The van der Waals surface area contributed by atoms with Crippen molar-refractivity contribution in [1.29, 1.82) is 0 Å². The predicted molar refractivity (Wildman–Crippen MR) is 89.1 cm³/mol. The Morgan fingerprint density at radius 3 is 2.68 bits per heavy atom. The fourth-order valence-corrected chi connectivity index (χ4v) is 4.14. The Morgan fingerprint density at radius 2 is 2.04 bits per heavy atom. The Balaban J connectivity index is 1.73. The third-order valence-electron chi connectivity index (χ3n) is 5.84. The summed E-state index contributed by atoms with van der Waals surface area (Å²) >= 11 is 0. The highest BCUT2D eigenvalue weighted by molar-refractivity contribution is 5.93. The van der Waals surface area contributed by atoms with Crippen LogP contribution in [0.5, 0.6) is 0 Å². The van der Waals surface area contributed by atoms with Crippen molar-refractivity contribution < 1.29 is 14.5 Å². The summed E-state index contributed by atoms with van der Waals surface area (Å²) in [5, 5.41) is 16.7. The normalized spacial score (nSPS) is 26.1. The van der Waals surface area contributed by atoms with E-state index in [1.165, 1.54) is 12.1 Å². The molecule has 0 bridgehead atoms. The molecule has 1 saturated carbocycles. The van der Waals surface area contributed by atoms with Gasteiger partial charge in [0.1, 0.15) is 5.54 Å². The van der Waals surface area contributed by atoms with Crippen molar-refractivity contribution in [2.75, 3.05) is 20.1 Å². The zero-order chi connectivity index (χ0) is 17.8. The van der Waals surface area contributed by atoms with E-state index in [1.54, 1.807) is 18.0 Å². The summed E-state index contributed by atoms with van der Waals surface area (Å²) < 4.78 is 0. The minimum atomic E-state index is -1.02. The van der Waals surface area contributed by atoms with E-state index in [0.717, 1.165) is 24.0 Å². The third-order valence-corrected chi connectivity index (χ3v) is 5.84. The molecule has 3 amide bonds. The standard InChI is InChI=1S/C17H20N4O4/c1-18-14(22)17(20-10-16(4-5-16)9-19-15(20)23)7-11-2-3-13(21(24)25)6-12(11)8-17/h2-3,6H,4-5,7-10H2,1H3,(H,18,22)(H,19,23). The van der Waals surface area contributed by atoms with Gasteiger partial charge in [-0.1, -0.05) is 6.07 Å². The highest BCUT2D eigenvalue weighted by Crippen LogP contribution is 2.49. The van der Waals surface area contributed by atoms with Gasteiger partial charge in [0.15, 0.2) is 0 Å². The lowest BCUT2D eigenvalue weighted by atomic mass is 9.89. The molecule has 132 valence electrons. The fourth-order valence-electron chi connectivity index (χ4n) is 4.14. The van der Waals surface area contributed by atoms with Crippen molar-refractivity contribution in [1.82, 2.24) is 15.5 Å². The van der Waals surface area contributed by atoms with Gasteiger partial charge in [-0.3, -0.25) is 14.9 Å². The molecule has 0 radical (unpaired) electrons. The number of nitro groups is 1. The lowest BCUT2D eigenvalue weighted by Crippen LogP contribution is -2.67. The number of carbonyl (C=O) groups is 2. The number of nitrogens with zero attached hydrogens (tertiary/aromatic N) is 2. The van der Waals surface area contributed by atoms with Crippen LogP contribution in [-0.2, 0) is 17.6 Å². The van der Waals surface area contributed by atoms with E-state index >= 15 is 0 Å². The third kappa shape index (κ3) is 2.35. The summed E-state index contributed by atoms with van der Waals surface area (Å²) in [7, 11) is 1.56. The molecule has 1 aromatic rings. The summed E-state index contributed by atoms with van der Waals surface area (Å²) in [5.74, 6) is -0.223. The molecular formula is C17H20N4O4. The average molecular weight is 344 g/mol. The van der Waals surface area contributed by atoms with E-state index in [0.29, 0.717) is 25.9 Å². The molecule has 1 aromatic carbocycles. The smallest absolute Gasteiger partial charge is 0.318 e. The molecule has 1 unspecified atom stereocenters. The van der Waals surface area contributed by atoms with E-state index in [9.17, 15) is 19.7 Å². The van der Waals surface area contributed by atoms with Crippen LogP contribution in [-0.4, -0.2) is 47.4 Å². The highest BCUT2D eigenvalue weighted by Gasteiger charge is 2.57. The monoisotopic (exact) mass is 344 g/mol. The quantitative estimate of drug-likeness (QED) is 0.630. The van der Waals surface area contributed by atoms with Gasteiger partial charge in [-0.2, -0.15) is 0 Å². The number of carbonyl (C=O) groups excluding carboxylic acids is 2. The molecule has 1 spiro atoms. The number of urea groups is 1. The lowest BCUT2D eigenvalue weighted by molar-refractivity contribution is -0.384. The first kappa shape index (κ1) is 15.9. The molecule has 3 aliphatic rings. The number of likely N-dealkylation sites (N-methyl/N-ethyl adjacent to an activating group) is 1. The number of hydrogen-bond acceptors (Lipinski definition) is 4. The second-order valence-corrected chi connectivity index (χ2v) is 7.42. The average Bonchev–Trinajstić information content (AvgIpc) is 3.24. The second kappa shape index (κ2) is 5.18. The Hall–Kier alpha value is -2.64. The molecule has 8 nitrogen and oxygen atoms in total. The number of non-ortho nitro benzene ring substituents is 1. The molecule has 1 saturated heterocycles. The first-order valence-corrected chi connectivity index (χ1v) is 8.43. The van der Waals surface area contributed by atoms with Gasteiger partial charge in [0, 0.05) is 50.5 Å². The van der Waals surface area contributed by atoms with Gasteiger partial charge >= 0.3 is 6.03 Å². The molecule has 2 N–H and O–H groups in total. The SMILES string of the molecule is CNC(=O)C1(N2CC3(CC3)CNC2=O)Cc2ccc([N+](=O)[O-])cc2C1. The van der Waals surface area contributed by atoms with Crippen LogP contribution in [0.4, 0.5) is 10.5 Å². The van der Waals surface area contributed by atoms with E-state index in [4.69, 9.17) is 0 Å². The zero-order valence-corrected chi connectivity index (χ0v) is 14.0. The van der Waals surface area contributed by atoms with Gasteiger partial charge in [-0.15, -0.1) is 0 Å². The van der Waals surface area contributed by atoms with Crippen molar-refractivity contribution >= 4 is 17.6 Å². The van der Waals surface area contributed by atoms with Crippen molar-refractivity contribution in [2.45, 2.75) is 31.2 Å². The van der Waals surface area contributed by atoms with E-state index in [2.05, 4.69) is 10.6 Å². The van der Waals surface area contributed by atoms with Gasteiger partial charge in [0.25, 0.3) is 5.69 Å². The van der Waals surface area contributed by atoms with Crippen LogP contribution in [0.1, 0.15) is 24.0 Å².